The van der Waals surface area contributed by atoms with Gasteiger partial charge in [-0.15, -0.1) is 0 Å². The molecular weight excluding hydrogens is 362 g/mol. The second-order valence-corrected chi connectivity index (χ2v) is 5.82. The summed E-state index contributed by atoms with van der Waals surface area (Å²) in [4.78, 5) is 35.2. The normalized spacial score (nSPS) is 10.7. The summed E-state index contributed by atoms with van der Waals surface area (Å²) in [5, 5.41) is 21.7. The van der Waals surface area contributed by atoms with Crippen molar-refractivity contribution in [3.63, 3.8) is 0 Å². The number of hydrogen-bond donors (Lipinski definition) is 3. The Morgan fingerprint density at radius 2 is 1.81 bits per heavy atom. The number of fused-ring (bicyclic) bond motifs is 1. The van der Waals surface area contributed by atoms with Crippen LogP contribution in [0.5, 0.6) is 5.95 Å². The predicted octanol–water partition coefficient (Wildman–Crippen LogP) is 2.63. The van der Waals surface area contributed by atoms with E-state index in [1.54, 1.807) is 36.4 Å². The van der Waals surface area contributed by atoms with Gasteiger partial charge in [0.15, 0.2) is 0 Å². The molecule has 132 valence electrons. The average Bonchev–Trinajstić information content (AvgIpc) is 2.60. The maximum Gasteiger partial charge on any atom is 0.346 e. The first-order valence-corrected chi connectivity index (χ1v) is 7.81. The van der Waals surface area contributed by atoms with Crippen molar-refractivity contribution in [3.05, 3.63) is 63.5 Å². The molecule has 0 saturated heterocycles. The maximum absolute atomic E-state index is 12.4. The van der Waals surface area contributed by atoms with Gasteiger partial charge in [-0.2, -0.15) is 0 Å². The molecule has 8 heteroatoms. The molecule has 1 amide bonds. The van der Waals surface area contributed by atoms with E-state index in [0.29, 0.717) is 16.1 Å². The lowest BCUT2D eigenvalue weighted by Crippen LogP contribution is -2.29. The number of aromatic hydroxyl groups is 1. The summed E-state index contributed by atoms with van der Waals surface area (Å²) < 4.78 is 4.73. The van der Waals surface area contributed by atoms with E-state index >= 15 is 0 Å². The molecule has 1 heterocycles. The molecule has 7 nitrogen and oxygen atoms in total. The molecule has 2 aromatic carbocycles. The minimum atomic E-state index is -1.25. The van der Waals surface area contributed by atoms with Crippen molar-refractivity contribution in [1.82, 2.24) is 5.32 Å². The topological polar surface area (TPSA) is 117 Å². The van der Waals surface area contributed by atoms with Crippen LogP contribution in [-0.2, 0) is 4.79 Å². The number of amides is 1. The maximum atomic E-state index is 12.4. The first-order chi connectivity index (χ1) is 12.4. The molecule has 1 aromatic heterocycles. The van der Waals surface area contributed by atoms with E-state index in [4.69, 9.17) is 21.1 Å². The Hall–Kier alpha value is -3.32. The minimum absolute atomic E-state index is 0.0794. The Morgan fingerprint density at radius 3 is 2.46 bits per heavy atom. The first kappa shape index (κ1) is 17.5. The Bertz CT molecular complexity index is 1070. The highest BCUT2D eigenvalue weighted by atomic mass is 35.5. The second-order valence-electron chi connectivity index (χ2n) is 5.38. The molecular formula is C18H12ClNO6. The van der Waals surface area contributed by atoms with Crippen molar-refractivity contribution in [2.24, 2.45) is 0 Å². The van der Waals surface area contributed by atoms with Crippen LogP contribution >= 0.6 is 11.6 Å². The van der Waals surface area contributed by atoms with Gasteiger partial charge in [-0.1, -0.05) is 35.9 Å². The van der Waals surface area contributed by atoms with Crippen LogP contribution in [0.2, 0.25) is 5.02 Å². The van der Waals surface area contributed by atoms with Gasteiger partial charge in [0.2, 0.25) is 0 Å². The van der Waals surface area contributed by atoms with Gasteiger partial charge in [-0.3, -0.25) is 9.59 Å². The van der Waals surface area contributed by atoms with Gasteiger partial charge >= 0.3 is 11.6 Å². The summed E-state index contributed by atoms with van der Waals surface area (Å²) >= 11 is 5.90. The zero-order valence-electron chi connectivity index (χ0n) is 13.2. The molecule has 0 spiro atoms. The average molecular weight is 374 g/mol. The Labute approximate surface area is 151 Å². The number of nitrogens with one attached hydrogen (secondary N) is 1. The molecule has 3 N–H and O–H groups in total. The fourth-order valence-corrected chi connectivity index (χ4v) is 2.74. The van der Waals surface area contributed by atoms with E-state index in [2.05, 4.69) is 5.32 Å². The molecule has 0 atom stereocenters. The van der Waals surface area contributed by atoms with Gasteiger partial charge in [0.25, 0.3) is 11.9 Å². The molecule has 0 radical (unpaired) electrons. The Morgan fingerprint density at radius 1 is 1.12 bits per heavy atom. The standard InChI is InChI=1S/C18H12ClNO6/c19-10-6-4-9(5-7-10)11-2-1-3-12-14(11)15(18(25)26-17(12)24)16(23)20-8-13(21)22/h1-7,25H,8H2,(H,20,23)(H,21,22). The van der Waals surface area contributed by atoms with Crippen molar-refractivity contribution < 1.29 is 24.2 Å². The van der Waals surface area contributed by atoms with E-state index in [1.807, 2.05) is 0 Å². The van der Waals surface area contributed by atoms with E-state index in [9.17, 15) is 19.5 Å². The Balaban J connectivity index is 2.30. The van der Waals surface area contributed by atoms with E-state index in [0.717, 1.165) is 0 Å². The van der Waals surface area contributed by atoms with Gasteiger partial charge in [-0.05, 0) is 29.3 Å². The number of aliphatic carboxylic acids is 1. The third-order valence-electron chi connectivity index (χ3n) is 3.72. The lowest BCUT2D eigenvalue weighted by molar-refractivity contribution is -0.135. The van der Waals surface area contributed by atoms with E-state index in [-0.39, 0.29) is 16.3 Å². The summed E-state index contributed by atoms with van der Waals surface area (Å²) in [5.41, 5.74) is 0.00891. The van der Waals surface area contributed by atoms with Gasteiger partial charge in [-0.25, -0.2) is 4.79 Å². The van der Waals surface area contributed by atoms with Gasteiger partial charge in [0, 0.05) is 10.4 Å². The molecule has 0 unspecified atom stereocenters. The SMILES string of the molecule is O=C(O)CNC(=O)c1c(O)oc(=O)c2cccc(-c3ccc(Cl)cc3)c12. The second kappa shape index (κ2) is 6.89. The van der Waals surface area contributed by atoms with E-state index < -0.39 is 30.0 Å². The summed E-state index contributed by atoms with van der Waals surface area (Å²) in [6, 6.07) is 11.4. The number of carbonyl (C=O) groups is 2. The van der Waals surface area contributed by atoms with Crippen molar-refractivity contribution >= 4 is 34.2 Å². The zero-order chi connectivity index (χ0) is 18.8. The number of carbonyl (C=O) groups excluding carboxylic acids is 1. The van der Waals surface area contributed by atoms with Crippen molar-refractivity contribution in [1.29, 1.82) is 0 Å². The van der Waals surface area contributed by atoms with Crippen molar-refractivity contribution in [2.75, 3.05) is 6.54 Å². The van der Waals surface area contributed by atoms with Crippen LogP contribution in [0.25, 0.3) is 21.9 Å². The number of carboxylic acid groups (broad SMARTS) is 1. The number of rotatable bonds is 4. The monoisotopic (exact) mass is 373 g/mol. The molecule has 0 saturated carbocycles. The zero-order valence-corrected chi connectivity index (χ0v) is 13.9. The highest BCUT2D eigenvalue weighted by molar-refractivity contribution is 6.30. The first-order valence-electron chi connectivity index (χ1n) is 7.43. The van der Waals surface area contributed by atoms with Crippen LogP contribution in [-0.4, -0.2) is 28.6 Å². The minimum Gasteiger partial charge on any atom is -0.480 e. The fraction of sp³-hybridized carbons (Fsp3) is 0.0556. The lowest BCUT2D eigenvalue weighted by atomic mass is 9.96. The Kier molecular flexibility index (Phi) is 4.64. The van der Waals surface area contributed by atoms with Crippen LogP contribution in [0.4, 0.5) is 0 Å². The molecule has 3 rings (SSSR count). The highest BCUT2D eigenvalue weighted by Crippen LogP contribution is 2.34. The van der Waals surface area contributed by atoms with E-state index in [1.165, 1.54) is 6.07 Å². The van der Waals surface area contributed by atoms with Crippen LogP contribution in [0.3, 0.4) is 0 Å². The lowest BCUT2D eigenvalue weighted by Gasteiger charge is -2.12. The van der Waals surface area contributed by atoms with Crippen LogP contribution in [0, 0.1) is 0 Å². The molecule has 26 heavy (non-hydrogen) atoms. The largest absolute Gasteiger partial charge is 0.480 e. The molecule has 0 aliphatic heterocycles. The quantitative estimate of drug-likeness (QED) is 0.647. The number of benzene rings is 2. The number of carboxylic acids is 1. The molecule has 0 bridgehead atoms. The summed E-state index contributed by atoms with van der Waals surface area (Å²) in [6.07, 6.45) is 0. The number of hydrogen-bond acceptors (Lipinski definition) is 5. The van der Waals surface area contributed by atoms with Crippen molar-refractivity contribution in [3.8, 4) is 17.1 Å². The molecule has 3 aromatic rings. The van der Waals surface area contributed by atoms with Crippen molar-refractivity contribution in [2.45, 2.75) is 0 Å². The third-order valence-corrected chi connectivity index (χ3v) is 3.97. The smallest absolute Gasteiger partial charge is 0.346 e. The highest BCUT2D eigenvalue weighted by Gasteiger charge is 2.23. The summed E-state index contributed by atoms with van der Waals surface area (Å²) in [7, 11) is 0. The molecule has 0 aliphatic carbocycles. The van der Waals surface area contributed by atoms with Crippen LogP contribution in [0.1, 0.15) is 10.4 Å². The summed E-state index contributed by atoms with van der Waals surface area (Å²) in [5.74, 6) is -3.01. The number of halogens is 1. The van der Waals surface area contributed by atoms with Gasteiger partial charge in [0.1, 0.15) is 12.1 Å². The molecule has 0 fully saturated rings. The fourth-order valence-electron chi connectivity index (χ4n) is 2.62. The predicted molar refractivity (Wildman–Crippen MR) is 94.6 cm³/mol. The van der Waals surface area contributed by atoms with Gasteiger partial charge < -0.3 is 19.9 Å². The third kappa shape index (κ3) is 3.25. The van der Waals surface area contributed by atoms with Crippen LogP contribution in [0.15, 0.2) is 51.7 Å². The molecule has 0 aliphatic rings. The summed E-state index contributed by atoms with van der Waals surface area (Å²) in [6.45, 7) is -0.651. The van der Waals surface area contributed by atoms with Crippen LogP contribution < -0.4 is 10.9 Å². The van der Waals surface area contributed by atoms with Gasteiger partial charge in [0.05, 0.1) is 5.39 Å².